The van der Waals surface area contributed by atoms with E-state index in [4.69, 9.17) is 11.6 Å². The third-order valence-corrected chi connectivity index (χ3v) is 3.37. The van der Waals surface area contributed by atoms with Crippen molar-refractivity contribution in [2.24, 2.45) is 0 Å². The topological polar surface area (TPSA) is 86.5 Å². The molecular weight excluding hydrogens is 278 g/mol. The van der Waals surface area contributed by atoms with Crippen LogP contribution in [0.2, 0.25) is 5.15 Å². The van der Waals surface area contributed by atoms with Gasteiger partial charge < -0.3 is 10.3 Å². The van der Waals surface area contributed by atoms with Gasteiger partial charge in [0.15, 0.2) is 5.69 Å². The van der Waals surface area contributed by atoms with Crippen LogP contribution in [0.4, 0.5) is 5.69 Å². The molecule has 20 heavy (non-hydrogen) atoms. The quantitative estimate of drug-likeness (QED) is 0.678. The Labute approximate surface area is 119 Å². The molecule has 0 atom stereocenters. The summed E-state index contributed by atoms with van der Waals surface area (Å²) in [4.78, 5) is 19.2. The van der Waals surface area contributed by atoms with Crippen LogP contribution in [-0.2, 0) is 0 Å². The number of hydrogen-bond donors (Lipinski definition) is 3. The zero-order chi connectivity index (χ0) is 14.3. The molecule has 6 nitrogen and oxygen atoms in total. The molecule has 0 aliphatic rings. The van der Waals surface area contributed by atoms with Crippen LogP contribution >= 0.6 is 11.6 Å². The largest absolute Gasteiger partial charge is 0.330 e. The van der Waals surface area contributed by atoms with E-state index in [-0.39, 0.29) is 5.91 Å². The predicted molar refractivity (Wildman–Crippen MR) is 77.1 cm³/mol. The molecule has 3 aromatic rings. The summed E-state index contributed by atoms with van der Waals surface area (Å²) in [6, 6.07) is 3.56. The second-order valence-electron chi connectivity index (χ2n) is 4.56. The first-order chi connectivity index (χ1) is 9.54. The molecule has 0 spiro atoms. The molecule has 3 aromatic heterocycles. The molecule has 0 unspecified atom stereocenters. The maximum absolute atomic E-state index is 12.1. The minimum atomic E-state index is -0.269. The van der Waals surface area contributed by atoms with Crippen LogP contribution in [0.15, 0.2) is 18.3 Å². The number of aromatic nitrogens is 4. The van der Waals surface area contributed by atoms with Crippen molar-refractivity contribution >= 4 is 34.2 Å². The van der Waals surface area contributed by atoms with E-state index in [2.05, 4.69) is 25.5 Å². The van der Waals surface area contributed by atoms with E-state index in [9.17, 15) is 4.79 Å². The summed E-state index contributed by atoms with van der Waals surface area (Å²) in [5, 5.41) is 10.9. The van der Waals surface area contributed by atoms with Crippen molar-refractivity contribution in [1.29, 1.82) is 0 Å². The maximum Gasteiger partial charge on any atom is 0.276 e. The molecule has 7 heteroatoms. The summed E-state index contributed by atoms with van der Waals surface area (Å²) in [6.45, 7) is 3.72. The first-order valence-corrected chi connectivity index (χ1v) is 6.39. The number of nitrogens with one attached hydrogen (secondary N) is 3. The molecule has 102 valence electrons. The van der Waals surface area contributed by atoms with Crippen LogP contribution in [0.25, 0.3) is 11.0 Å². The number of carbonyl (C=O) groups excluding carboxylic acids is 1. The van der Waals surface area contributed by atoms with Crippen LogP contribution in [0.5, 0.6) is 0 Å². The van der Waals surface area contributed by atoms with E-state index in [0.717, 1.165) is 16.6 Å². The van der Waals surface area contributed by atoms with Crippen LogP contribution in [0.3, 0.4) is 0 Å². The first kappa shape index (κ1) is 12.7. The first-order valence-electron chi connectivity index (χ1n) is 6.02. The van der Waals surface area contributed by atoms with E-state index < -0.39 is 0 Å². The highest BCUT2D eigenvalue weighted by atomic mass is 35.5. The van der Waals surface area contributed by atoms with Crippen molar-refractivity contribution in [1.82, 2.24) is 20.2 Å². The van der Waals surface area contributed by atoms with Crippen molar-refractivity contribution in [3.05, 3.63) is 40.4 Å². The molecular formula is C13H12ClN5O. The molecule has 3 N–H and O–H groups in total. The molecule has 0 radical (unpaired) electrons. The van der Waals surface area contributed by atoms with Crippen LogP contribution in [0, 0.1) is 13.8 Å². The van der Waals surface area contributed by atoms with Crippen molar-refractivity contribution in [2.45, 2.75) is 13.8 Å². The number of aryl methyl sites for hydroxylation is 1. The predicted octanol–water partition coefficient (Wildman–Crippen LogP) is 2.81. The minimum absolute atomic E-state index is 0.269. The van der Waals surface area contributed by atoms with Gasteiger partial charge in [0.2, 0.25) is 0 Å². The van der Waals surface area contributed by atoms with Gasteiger partial charge in [-0.25, -0.2) is 4.98 Å². The molecule has 0 aliphatic carbocycles. The van der Waals surface area contributed by atoms with Gasteiger partial charge in [0.05, 0.1) is 11.9 Å². The van der Waals surface area contributed by atoms with Crippen LogP contribution in [-0.4, -0.2) is 26.1 Å². The van der Waals surface area contributed by atoms with Crippen molar-refractivity contribution in [2.75, 3.05) is 5.32 Å². The van der Waals surface area contributed by atoms with E-state index in [1.165, 1.54) is 0 Å². The molecule has 1 amide bonds. The molecule has 0 saturated heterocycles. The summed E-state index contributed by atoms with van der Waals surface area (Å²) < 4.78 is 0. The number of anilines is 1. The normalized spacial score (nSPS) is 10.9. The highest BCUT2D eigenvalue weighted by Gasteiger charge is 2.15. The third kappa shape index (κ3) is 2.14. The Kier molecular flexibility index (Phi) is 2.94. The van der Waals surface area contributed by atoms with Crippen LogP contribution in [0.1, 0.15) is 21.7 Å². The summed E-state index contributed by atoms with van der Waals surface area (Å²) in [5.41, 5.74) is 3.37. The van der Waals surface area contributed by atoms with Gasteiger partial charge in [-0.15, -0.1) is 0 Å². The number of pyridine rings is 1. The second kappa shape index (κ2) is 4.64. The smallest absolute Gasteiger partial charge is 0.276 e. The summed E-state index contributed by atoms with van der Waals surface area (Å²) in [7, 11) is 0. The Morgan fingerprint density at radius 2 is 2.15 bits per heavy atom. The molecule has 0 fully saturated rings. The van der Waals surface area contributed by atoms with Gasteiger partial charge in [0, 0.05) is 16.6 Å². The van der Waals surface area contributed by atoms with Crippen LogP contribution < -0.4 is 5.32 Å². The average Bonchev–Trinajstić information content (AvgIpc) is 2.92. The lowest BCUT2D eigenvalue weighted by atomic mass is 10.2. The lowest BCUT2D eigenvalue weighted by Crippen LogP contribution is -2.13. The number of aromatic amines is 2. The monoisotopic (exact) mass is 289 g/mol. The van der Waals surface area contributed by atoms with Gasteiger partial charge in [-0.3, -0.25) is 9.89 Å². The molecule has 0 saturated carbocycles. The van der Waals surface area contributed by atoms with Crippen molar-refractivity contribution in [3.63, 3.8) is 0 Å². The third-order valence-electron chi connectivity index (χ3n) is 3.16. The van der Waals surface area contributed by atoms with Gasteiger partial charge in [0.25, 0.3) is 5.91 Å². The molecule has 3 heterocycles. The van der Waals surface area contributed by atoms with Gasteiger partial charge >= 0.3 is 0 Å². The van der Waals surface area contributed by atoms with E-state index in [1.54, 1.807) is 18.3 Å². The summed E-state index contributed by atoms with van der Waals surface area (Å²) in [5.74, 6) is -0.269. The number of nitrogens with zero attached hydrogens (tertiary/aromatic N) is 2. The number of amides is 1. The van der Waals surface area contributed by atoms with E-state index in [0.29, 0.717) is 22.2 Å². The Hall–Kier alpha value is -2.34. The van der Waals surface area contributed by atoms with Gasteiger partial charge in [-0.1, -0.05) is 11.6 Å². The highest BCUT2D eigenvalue weighted by Crippen LogP contribution is 2.20. The molecule has 0 aliphatic heterocycles. The number of hydrogen-bond acceptors (Lipinski definition) is 3. The zero-order valence-electron chi connectivity index (χ0n) is 10.9. The Morgan fingerprint density at radius 3 is 2.85 bits per heavy atom. The van der Waals surface area contributed by atoms with E-state index >= 15 is 0 Å². The summed E-state index contributed by atoms with van der Waals surface area (Å²) >= 11 is 5.86. The lowest BCUT2D eigenvalue weighted by molar-refractivity contribution is 0.102. The zero-order valence-corrected chi connectivity index (χ0v) is 11.7. The van der Waals surface area contributed by atoms with Gasteiger partial charge in [-0.2, -0.15) is 5.10 Å². The van der Waals surface area contributed by atoms with Gasteiger partial charge in [-0.05, 0) is 26.0 Å². The standard InChI is InChI=1S/C13H12ClN5O/c1-6-7(2)18-19-11(6)13(20)16-9-3-8-4-10(14)17-12(8)15-5-9/h3-5H,1-2H3,(H,15,17)(H,16,20)(H,18,19). The fourth-order valence-corrected chi connectivity index (χ4v) is 2.15. The Balaban J connectivity index is 1.88. The fraction of sp³-hybridized carbons (Fsp3) is 0.154. The fourth-order valence-electron chi connectivity index (χ4n) is 1.95. The maximum atomic E-state index is 12.1. The van der Waals surface area contributed by atoms with Crippen molar-refractivity contribution in [3.8, 4) is 0 Å². The molecule has 3 rings (SSSR count). The lowest BCUT2D eigenvalue weighted by Gasteiger charge is -2.03. The number of carbonyl (C=O) groups is 1. The molecule has 0 bridgehead atoms. The Morgan fingerprint density at radius 1 is 1.35 bits per heavy atom. The number of H-pyrrole nitrogens is 2. The van der Waals surface area contributed by atoms with Gasteiger partial charge in [0.1, 0.15) is 10.8 Å². The van der Waals surface area contributed by atoms with E-state index in [1.807, 2.05) is 13.8 Å². The second-order valence-corrected chi connectivity index (χ2v) is 4.96. The molecule has 0 aromatic carbocycles. The number of fused-ring (bicyclic) bond motifs is 1. The average molecular weight is 290 g/mol. The number of halogens is 1. The SMILES string of the molecule is Cc1[nH]nc(C(=O)Nc2cnc3[nH]c(Cl)cc3c2)c1C. The summed E-state index contributed by atoms with van der Waals surface area (Å²) in [6.07, 6.45) is 1.57. The highest BCUT2D eigenvalue weighted by molar-refractivity contribution is 6.30. The van der Waals surface area contributed by atoms with Crippen molar-refractivity contribution < 1.29 is 4.79 Å². The minimum Gasteiger partial charge on any atom is -0.330 e. The number of rotatable bonds is 2. The Bertz CT molecular complexity index is 804.